The van der Waals surface area contributed by atoms with Gasteiger partial charge in [-0.05, 0) is 106 Å². The van der Waals surface area contributed by atoms with Crippen LogP contribution < -0.4 is 9.64 Å². The predicted octanol–water partition coefficient (Wildman–Crippen LogP) is 9.58. The van der Waals surface area contributed by atoms with Crippen molar-refractivity contribution in [2.24, 2.45) is 0 Å². The highest BCUT2D eigenvalue weighted by Gasteiger charge is 2.51. The first kappa shape index (κ1) is 44.9. The Morgan fingerprint density at radius 2 is 1.46 bits per heavy atom. The van der Waals surface area contributed by atoms with E-state index in [0.717, 1.165) is 18.6 Å². The summed E-state index contributed by atoms with van der Waals surface area (Å²) in [6.07, 6.45) is -4.49. The minimum Gasteiger partial charge on any atom is -0.443 e. The Morgan fingerprint density at radius 3 is 1.96 bits per heavy atom. The molecule has 0 saturated carbocycles. The number of rotatable bonds is 10. The fourth-order valence-corrected chi connectivity index (χ4v) is 6.69. The summed E-state index contributed by atoms with van der Waals surface area (Å²) in [4.78, 5) is 40.9. The van der Waals surface area contributed by atoms with E-state index in [0.29, 0.717) is 23.7 Å². The van der Waals surface area contributed by atoms with Gasteiger partial charge in [-0.25, -0.2) is 29.2 Å². The molecule has 1 unspecified atom stereocenters. The number of carbonyl (C=O) groups is 2. The number of fused-ring (bicyclic) bond motifs is 1. The van der Waals surface area contributed by atoms with Crippen molar-refractivity contribution in [2.75, 3.05) is 4.90 Å². The Morgan fingerprint density at radius 1 is 0.911 bits per heavy atom. The molecule has 1 saturated heterocycles. The van der Waals surface area contributed by atoms with Gasteiger partial charge in [0.05, 0.1) is 29.4 Å². The average Bonchev–Trinajstić information content (AvgIpc) is 3.44. The van der Waals surface area contributed by atoms with Crippen molar-refractivity contribution < 1.29 is 50.7 Å². The van der Waals surface area contributed by atoms with Gasteiger partial charge in [0.1, 0.15) is 22.9 Å². The first-order valence-electron chi connectivity index (χ1n) is 18.5. The smallest absolute Gasteiger partial charge is 0.443 e. The number of imide groups is 1. The molecule has 1 aliphatic rings. The Kier molecular flexibility index (Phi) is 12.4. The van der Waals surface area contributed by atoms with E-state index in [9.17, 15) is 22.8 Å². The second-order valence-corrected chi connectivity index (χ2v) is 23.2. The Balaban J connectivity index is 1.90. The van der Waals surface area contributed by atoms with Crippen LogP contribution in [0.25, 0.3) is 11.0 Å². The van der Waals surface area contributed by atoms with Crippen LogP contribution >= 0.6 is 0 Å². The molecule has 3 aromatic rings. The minimum absolute atomic E-state index is 0.0667. The second-order valence-electron chi connectivity index (χ2n) is 18.4. The van der Waals surface area contributed by atoms with Crippen LogP contribution in [0.5, 0.6) is 11.8 Å². The Bertz CT molecular complexity index is 1860. The first-order chi connectivity index (χ1) is 25.3. The summed E-state index contributed by atoms with van der Waals surface area (Å²) in [6.45, 7) is 28.2. The van der Waals surface area contributed by atoms with E-state index in [2.05, 4.69) is 53.9 Å². The van der Waals surface area contributed by atoms with Gasteiger partial charge in [0.2, 0.25) is 5.88 Å². The summed E-state index contributed by atoms with van der Waals surface area (Å²) in [5.74, 6) is -1.14. The molecule has 56 heavy (non-hydrogen) atoms. The molecule has 1 atom stereocenters. The van der Waals surface area contributed by atoms with Crippen molar-refractivity contribution in [3.63, 3.8) is 0 Å². The van der Waals surface area contributed by atoms with Crippen molar-refractivity contribution in [1.29, 1.82) is 0 Å². The monoisotopic (exact) mass is 808 g/mol. The van der Waals surface area contributed by atoms with Crippen molar-refractivity contribution in [1.82, 2.24) is 24.7 Å². The quantitative estimate of drug-likeness (QED) is 0.180. The molecule has 1 aliphatic heterocycles. The lowest BCUT2D eigenvalue weighted by Crippen LogP contribution is -2.45. The molecule has 310 valence electrons. The number of halogens is 3. The van der Waals surface area contributed by atoms with Crippen LogP contribution in [0.1, 0.15) is 102 Å². The van der Waals surface area contributed by atoms with Crippen molar-refractivity contribution in [3.8, 4) is 11.8 Å². The average molecular weight is 809 g/mol. The molecular weight excluding hydrogens is 752 g/mol. The third kappa shape index (κ3) is 10.8. The summed E-state index contributed by atoms with van der Waals surface area (Å²) in [5, 5.41) is 4.38. The van der Waals surface area contributed by atoms with E-state index >= 15 is 0 Å². The highest BCUT2D eigenvalue weighted by Crippen LogP contribution is 2.42. The first-order valence-corrected chi connectivity index (χ1v) is 21.4. The van der Waals surface area contributed by atoms with Gasteiger partial charge in [-0.1, -0.05) is 20.8 Å². The maximum Gasteiger partial charge on any atom is 0.457 e. The topological polar surface area (TPSA) is 149 Å². The summed E-state index contributed by atoms with van der Waals surface area (Å²) in [5.41, 5.74) is -4.14. The number of anilines is 1. The number of pyridine rings is 1. The highest BCUT2D eigenvalue weighted by molar-refractivity contribution is 6.74. The summed E-state index contributed by atoms with van der Waals surface area (Å²) in [7, 11) is -2.96. The van der Waals surface area contributed by atoms with Gasteiger partial charge < -0.3 is 27.9 Å². The van der Waals surface area contributed by atoms with E-state index < -0.39 is 73.8 Å². The lowest BCUT2D eigenvalue weighted by Gasteiger charge is -2.39. The van der Waals surface area contributed by atoms with Crippen LogP contribution in [0.15, 0.2) is 24.7 Å². The van der Waals surface area contributed by atoms with Crippen LogP contribution in [-0.4, -0.2) is 80.9 Å². The van der Waals surface area contributed by atoms with Gasteiger partial charge in [0.15, 0.2) is 19.8 Å². The van der Waals surface area contributed by atoms with E-state index in [4.69, 9.17) is 27.9 Å². The molecule has 0 aliphatic carbocycles. The molecule has 0 aromatic carbocycles. The number of alkyl halides is 3. The standard InChI is InChI=1S/C37H56BF3N6O8Si/c1-32(2,3)51-30(48)47(31(49)52-33(4,5)6)28-26-27(43-22-44-28)46(45-29(26)50-25-20-23(17-19-42-25)37(39,40)41)21-24(53-56(14,15)34(7,8)9)16-18-38-54-35(10,11)36(12,13)55-38/h17,19-20,22,24H,16,18,21H2,1-15H3. The number of nitrogens with zero attached hydrogens (tertiary/aromatic N) is 6. The molecule has 0 spiro atoms. The second kappa shape index (κ2) is 15.5. The number of hydrogen-bond acceptors (Lipinski definition) is 12. The van der Waals surface area contributed by atoms with Gasteiger partial charge in [-0.2, -0.15) is 18.1 Å². The largest absolute Gasteiger partial charge is 0.457 e. The fraction of sp³-hybridized carbons (Fsp3) is 0.676. The molecule has 2 amide bonds. The normalized spacial score (nSPS) is 16.9. The molecule has 4 heterocycles. The predicted molar refractivity (Wildman–Crippen MR) is 207 cm³/mol. The lowest BCUT2D eigenvalue weighted by molar-refractivity contribution is -0.137. The lowest BCUT2D eigenvalue weighted by atomic mass is 9.82. The van der Waals surface area contributed by atoms with Crippen LogP contribution in [-0.2, 0) is 35.9 Å². The maximum absolute atomic E-state index is 13.8. The van der Waals surface area contributed by atoms with Crippen LogP contribution in [0.3, 0.4) is 0 Å². The van der Waals surface area contributed by atoms with Crippen molar-refractivity contribution >= 4 is 44.5 Å². The van der Waals surface area contributed by atoms with Gasteiger partial charge in [-0.3, -0.25) is 0 Å². The molecule has 0 N–H and O–H groups in total. The number of amides is 2. The molecule has 1 fully saturated rings. The Labute approximate surface area is 328 Å². The van der Waals surface area contributed by atoms with E-state index in [-0.39, 0.29) is 34.3 Å². The zero-order valence-corrected chi connectivity index (χ0v) is 36.2. The van der Waals surface area contributed by atoms with Crippen LogP contribution in [0.4, 0.5) is 28.6 Å². The molecule has 19 heteroatoms. The molecule has 0 bridgehead atoms. The molecular formula is C37H56BF3N6O8Si. The molecule has 0 radical (unpaired) electrons. The van der Waals surface area contributed by atoms with Gasteiger partial charge in [0.25, 0.3) is 5.88 Å². The number of hydrogen-bond donors (Lipinski definition) is 0. The third-order valence-electron chi connectivity index (χ3n) is 9.77. The minimum atomic E-state index is -4.70. The van der Waals surface area contributed by atoms with Crippen molar-refractivity contribution in [2.45, 2.75) is 162 Å². The van der Waals surface area contributed by atoms with Gasteiger partial charge in [-0.15, -0.1) is 5.10 Å². The molecule has 3 aromatic heterocycles. The summed E-state index contributed by atoms with van der Waals surface area (Å²) < 4.78 is 79.4. The number of carbonyl (C=O) groups excluding carboxylic acids is 2. The van der Waals surface area contributed by atoms with Crippen molar-refractivity contribution in [3.05, 3.63) is 30.2 Å². The molecule has 14 nitrogen and oxygen atoms in total. The van der Waals surface area contributed by atoms with Crippen LogP contribution in [0, 0.1) is 0 Å². The SMILES string of the molecule is CC(C)(C)OC(=O)N(C(=O)OC(C)(C)C)c1ncnc2c1c(Oc1cc(C(F)(F)F)ccn1)nn2CC(CCB1OC(C)(C)C(C)(C)O1)O[Si](C)(C)C(C)(C)C. The summed E-state index contributed by atoms with van der Waals surface area (Å²) >= 11 is 0. The number of aromatic nitrogens is 5. The highest BCUT2D eigenvalue weighted by atomic mass is 28.4. The van der Waals surface area contributed by atoms with Crippen LogP contribution in [0.2, 0.25) is 24.5 Å². The Hall–Kier alpha value is -3.81. The zero-order chi connectivity index (χ0) is 42.4. The third-order valence-corrected chi connectivity index (χ3v) is 14.3. The maximum atomic E-state index is 13.8. The zero-order valence-electron chi connectivity index (χ0n) is 35.2. The van der Waals surface area contributed by atoms with Gasteiger partial charge >= 0.3 is 25.5 Å². The van der Waals surface area contributed by atoms with E-state index in [1.165, 1.54) is 4.68 Å². The van der Waals surface area contributed by atoms with E-state index in [1.807, 2.05) is 27.7 Å². The summed E-state index contributed by atoms with van der Waals surface area (Å²) in [6, 6.07) is 1.51. The fourth-order valence-electron chi connectivity index (χ4n) is 5.31. The number of ether oxygens (including phenoxy) is 3. The van der Waals surface area contributed by atoms with Gasteiger partial charge in [0, 0.05) is 12.3 Å². The van der Waals surface area contributed by atoms with E-state index in [1.54, 1.807) is 41.5 Å². The molecule has 4 rings (SSSR count).